The van der Waals surface area contributed by atoms with E-state index in [-0.39, 0.29) is 14.7 Å². The van der Waals surface area contributed by atoms with E-state index in [1.165, 1.54) is 6.20 Å². The summed E-state index contributed by atoms with van der Waals surface area (Å²) < 4.78 is 0. The van der Waals surface area contributed by atoms with Crippen molar-refractivity contribution in [2.75, 3.05) is 50.5 Å². The molecule has 4 heterocycles. The van der Waals surface area contributed by atoms with E-state index >= 15 is 0 Å². The molecule has 3 aromatic heterocycles. The van der Waals surface area contributed by atoms with Gasteiger partial charge in [0.15, 0.2) is 0 Å². The van der Waals surface area contributed by atoms with Crippen molar-refractivity contribution >= 4 is 34.2 Å². The van der Waals surface area contributed by atoms with Crippen molar-refractivity contribution < 1.29 is 12.4 Å². The fraction of sp³-hybridized carbons (Fsp3) is 0.222. The summed E-state index contributed by atoms with van der Waals surface area (Å²) in [5.74, 6) is 0.837. The van der Waals surface area contributed by atoms with Crippen LogP contribution < -0.4 is 15.5 Å². The Kier molecular flexibility index (Phi) is 6.55. The van der Waals surface area contributed by atoms with Crippen molar-refractivity contribution in [1.82, 2.24) is 25.2 Å². The standard InChI is InChI=1S/C27H27N7O2.2H2/c1-28-26(35)23-12-22(15-29-16-23)18-3-4-20-17-31-24(13-21(20)11-18)32-27(36)19-5-6-30-25(14-19)34-9-7-33(2)8-10-34;;/h3-6,11-17H,7-10H2,1-2H3,(H,28,35)(H,31,32,36);2*1H. The third-order valence-electron chi connectivity index (χ3n) is 6.36. The number of amides is 2. The summed E-state index contributed by atoms with van der Waals surface area (Å²) in [7, 11) is 3.69. The average molecular weight is 486 g/mol. The minimum absolute atomic E-state index is 0. The largest absolute Gasteiger partial charge is 0.355 e. The zero-order valence-corrected chi connectivity index (χ0v) is 20.2. The van der Waals surface area contributed by atoms with E-state index in [4.69, 9.17) is 0 Å². The van der Waals surface area contributed by atoms with E-state index in [9.17, 15) is 9.59 Å². The van der Waals surface area contributed by atoms with E-state index in [1.54, 1.807) is 37.8 Å². The predicted octanol–water partition coefficient (Wildman–Crippen LogP) is 3.55. The Bertz CT molecular complexity index is 1440. The van der Waals surface area contributed by atoms with E-state index in [1.807, 2.05) is 30.3 Å². The molecule has 0 saturated carbocycles. The number of carbonyl (C=O) groups is 2. The first-order chi connectivity index (χ1) is 17.5. The van der Waals surface area contributed by atoms with E-state index in [0.717, 1.165) is 53.9 Å². The Balaban J connectivity index is 0.00000200. The SMILES string of the molecule is CNC(=O)c1cncc(-c2ccc3cnc(NC(=O)c4ccnc(N5CCN(C)CC5)c4)cc3c2)c1.[HH].[HH]. The van der Waals surface area contributed by atoms with Crippen LogP contribution in [0.5, 0.6) is 0 Å². The topological polar surface area (TPSA) is 103 Å². The van der Waals surface area contributed by atoms with Crippen molar-refractivity contribution in [3.63, 3.8) is 0 Å². The summed E-state index contributed by atoms with van der Waals surface area (Å²) in [5, 5.41) is 7.38. The van der Waals surface area contributed by atoms with E-state index < -0.39 is 0 Å². The fourth-order valence-corrected chi connectivity index (χ4v) is 4.21. The Hall–Kier alpha value is -4.37. The van der Waals surface area contributed by atoms with Crippen LogP contribution in [0.3, 0.4) is 0 Å². The molecule has 0 unspecified atom stereocenters. The summed E-state index contributed by atoms with van der Waals surface area (Å²) in [4.78, 5) is 42.5. The van der Waals surface area contributed by atoms with Gasteiger partial charge in [0.05, 0.1) is 5.56 Å². The number of nitrogens with zero attached hydrogens (tertiary/aromatic N) is 5. The van der Waals surface area contributed by atoms with Crippen molar-refractivity contribution in [3.8, 4) is 11.1 Å². The lowest BCUT2D eigenvalue weighted by atomic mass is 10.0. The minimum Gasteiger partial charge on any atom is -0.355 e. The molecule has 36 heavy (non-hydrogen) atoms. The van der Waals surface area contributed by atoms with E-state index in [0.29, 0.717) is 16.9 Å². The zero-order chi connectivity index (χ0) is 25.1. The molecule has 2 N–H and O–H groups in total. The summed E-state index contributed by atoms with van der Waals surface area (Å²) in [6.07, 6.45) is 6.66. The molecule has 186 valence electrons. The molecule has 2 amide bonds. The number of likely N-dealkylation sites (N-methyl/N-ethyl adjacent to an activating group) is 1. The third kappa shape index (κ3) is 5.01. The Morgan fingerprint density at radius 2 is 1.67 bits per heavy atom. The third-order valence-corrected chi connectivity index (χ3v) is 6.36. The first-order valence-corrected chi connectivity index (χ1v) is 11.8. The van der Waals surface area contributed by atoms with Crippen LogP contribution in [0.25, 0.3) is 21.9 Å². The number of piperazine rings is 1. The number of pyridine rings is 3. The lowest BCUT2D eigenvalue weighted by Crippen LogP contribution is -2.44. The molecule has 1 saturated heterocycles. The molecule has 4 aromatic rings. The maximum absolute atomic E-state index is 13.0. The molecule has 0 spiro atoms. The molecule has 0 radical (unpaired) electrons. The number of benzene rings is 1. The molecular weight excluding hydrogens is 454 g/mol. The van der Waals surface area contributed by atoms with Gasteiger partial charge in [-0.25, -0.2) is 9.97 Å². The zero-order valence-electron chi connectivity index (χ0n) is 20.2. The van der Waals surface area contributed by atoms with E-state index in [2.05, 4.69) is 42.4 Å². The van der Waals surface area contributed by atoms with Crippen LogP contribution in [0.4, 0.5) is 11.6 Å². The number of nitrogens with one attached hydrogen (secondary N) is 2. The molecule has 0 bridgehead atoms. The second-order valence-electron chi connectivity index (χ2n) is 8.82. The highest BCUT2D eigenvalue weighted by Gasteiger charge is 2.17. The molecular formula is C27H31N7O2. The molecule has 0 aliphatic carbocycles. The molecule has 9 heteroatoms. The quantitative estimate of drug-likeness (QED) is 0.446. The van der Waals surface area contributed by atoms with Crippen molar-refractivity contribution in [2.45, 2.75) is 0 Å². The van der Waals surface area contributed by atoms with Gasteiger partial charge in [0.2, 0.25) is 0 Å². The highest BCUT2D eigenvalue weighted by Crippen LogP contribution is 2.26. The first kappa shape index (κ1) is 23.4. The highest BCUT2D eigenvalue weighted by atomic mass is 16.2. The van der Waals surface area contributed by atoms with Crippen LogP contribution in [-0.4, -0.2) is 71.9 Å². The van der Waals surface area contributed by atoms with Crippen molar-refractivity contribution in [1.29, 1.82) is 0 Å². The van der Waals surface area contributed by atoms with Gasteiger partial charge in [0.25, 0.3) is 11.8 Å². The predicted molar refractivity (Wildman–Crippen MR) is 144 cm³/mol. The second-order valence-corrected chi connectivity index (χ2v) is 8.82. The number of anilines is 2. The minimum atomic E-state index is -0.238. The highest BCUT2D eigenvalue weighted by molar-refractivity contribution is 6.05. The molecule has 1 aliphatic rings. The number of hydrogen-bond acceptors (Lipinski definition) is 7. The van der Waals surface area contributed by atoms with Gasteiger partial charge >= 0.3 is 0 Å². The Morgan fingerprint density at radius 1 is 0.833 bits per heavy atom. The van der Waals surface area contributed by atoms with Gasteiger partial charge in [-0.05, 0) is 48.3 Å². The normalized spacial score (nSPS) is 14.0. The maximum atomic E-state index is 13.0. The summed E-state index contributed by atoms with van der Waals surface area (Å²) >= 11 is 0. The molecule has 0 atom stereocenters. The average Bonchev–Trinajstić information content (AvgIpc) is 2.92. The molecule has 9 nitrogen and oxygen atoms in total. The van der Waals surface area contributed by atoms with Gasteiger partial charge in [-0.1, -0.05) is 12.1 Å². The van der Waals surface area contributed by atoms with Gasteiger partial charge < -0.3 is 20.4 Å². The lowest BCUT2D eigenvalue weighted by Gasteiger charge is -2.33. The van der Waals surface area contributed by atoms with Gasteiger partial charge in [-0.2, -0.15) is 0 Å². The second kappa shape index (κ2) is 10.1. The lowest BCUT2D eigenvalue weighted by molar-refractivity contribution is 0.0961. The van der Waals surface area contributed by atoms with Crippen LogP contribution in [0.15, 0.2) is 67.3 Å². The Morgan fingerprint density at radius 3 is 2.47 bits per heavy atom. The van der Waals surface area contributed by atoms with Gasteiger partial charge in [-0.3, -0.25) is 14.6 Å². The van der Waals surface area contributed by atoms with Gasteiger partial charge in [0.1, 0.15) is 11.6 Å². The van der Waals surface area contributed by atoms with Gasteiger partial charge in [-0.15, -0.1) is 0 Å². The molecule has 5 rings (SSSR count). The number of carbonyl (C=O) groups excluding carboxylic acids is 2. The number of hydrogen-bond donors (Lipinski definition) is 2. The summed E-state index contributed by atoms with van der Waals surface area (Å²) in [6, 6.07) is 13.1. The van der Waals surface area contributed by atoms with Crippen molar-refractivity contribution in [3.05, 3.63) is 78.4 Å². The van der Waals surface area contributed by atoms with Crippen LogP contribution in [-0.2, 0) is 0 Å². The Labute approximate surface area is 212 Å². The number of rotatable bonds is 5. The smallest absolute Gasteiger partial charge is 0.257 e. The van der Waals surface area contributed by atoms with Crippen LogP contribution in [0.1, 0.15) is 23.6 Å². The fourth-order valence-electron chi connectivity index (χ4n) is 4.21. The van der Waals surface area contributed by atoms with Gasteiger partial charge in [0, 0.05) is 77.4 Å². The van der Waals surface area contributed by atoms with Crippen LogP contribution in [0.2, 0.25) is 0 Å². The molecule has 1 aliphatic heterocycles. The maximum Gasteiger partial charge on any atom is 0.257 e. The van der Waals surface area contributed by atoms with Crippen LogP contribution >= 0.6 is 0 Å². The molecule has 1 fully saturated rings. The monoisotopic (exact) mass is 485 g/mol. The number of fused-ring (bicyclic) bond motifs is 1. The summed E-state index contributed by atoms with van der Waals surface area (Å²) in [5.41, 5.74) is 2.77. The summed E-state index contributed by atoms with van der Waals surface area (Å²) in [6.45, 7) is 3.69. The van der Waals surface area contributed by atoms with Crippen molar-refractivity contribution in [2.24, 2.45) is 0 Å². The molecule has 1 aromatic carbocycles. The first-order valence-electron chi connectivity index (χ1n) is 11.8. The number of aromatic nitrogens is 3. The van der Waals surface area contributed by atoms with Crippen LogP contribution in [0, 0.1) is 0 Å².